The van der Waals surface area contributed by atoms with E-state index in [2.05, 4.69) is 0 Å². The molecule has 0 saturated heterocycles. The molecular weight excluding hydrogens is 195 g/mol. The van der Waals surface area contributed by atoms with Crippen LogP contribution < -0.4 is 5.73 Å². The molecule has 4 heteroatoms. The Morgan fingerprint density at radius 1 is 1.53 bits per heavy atom. The average Bonchev–Trinajstić information content (AvgIpc) is 2.10. The Bertz CT molecular complexity index is 308. The van der Waals surface area contributed by atoms with E-state index < -0.39 is 6.10 Å². The van der Waals surface area contributed by atoms with Crippen LogP contribution in [0.5, 0.6) is 0 Å². The van der Waals surface area contributed by atoms with E-state index in [9.17, 15) is 9.50 Å². The Balaban J connectivity index is 2.71. The quantitative estimate of drug-likeness (QED) is 0.738. The summed E-state index contributed by atoms with van der Waals surface area (Å²) in [6, 6.07) is 4.65. The molecule has 0 spiro atoms. The van der Waals surface area contributed by atoms with Gasteiger partial charge < -0.3 is 10.8 Å². The molecule has 1 aromatic rings. The van der Waals surface area contributed by atoms with Crippen LogP contribution in [0.4, 0.5) is 10.1 Å². The van der Waals surface area contributed by atoms with Gasteiger partial charge in [0, 0.05) is 24.3 Å². The molecule has 0 amide bonds. The first-order chi connectivity index (χ1) is 7.00. The molecule has 1 aromatic carbocycles. The summed E-state index contributed by atoms with van der Waals surface area (Å²) in [5.74, 6) is -0.299. The van der Waals surface area contributed by atoms with Gasteiger partial charge in [-0.25, -0.2) is 4.39 Å². The Hall–Kier alpha value is -1.13. The fourth-order valence-electron chi connectivity index (χ4n) is 1.53. The molecule has 3 nitrogen and oxygen atoms in total. The van der Waals surface area contributed by atoms with Gasteiger partial charge in [-0.15, -0.1) is 0 Å². The monoisotopic (exact) mass is 212 g/mol. The molecule has 15 heavy (non-hydrogen) atoms. The van der Waals surface area contributed by atoms with E-state index in [1.807, 2.05) is 11.9 Å². The number of aliphatic hydroxyl groups excluding tert-OH is 1. The first-order valence-electron chi connectivity index (χ1n) is 4.90. The molecule has 0 aliphatic carbocycles. The van der Waals surface area contributed by atoms with Gasteiger partial charge in [-0.2, -0.15) is 0 Å². The van der Waals surface area contributed by atoms with Crippen LogP contribution in [-0.4, -0.2) is 29.7 Å². The zero-order valence-corrected chi connectivity index (χ0v) is 9.07. The highest BCUT2D eigenvalue weighted by molar-refractivity contribution is 5.47. The predicted molar refractivity (Wildman–Crippen MR) is 58.8 cm³/mol. The third-order valence-corrected chi connectivity index (χ3v) is 2.16. The van der Waals surface area contributed by atoms with Crippen LogP contribution in [0.15, 0.2) is 18.2 Å². The normalized spacial score (nSPS) is 13.1. The number of hydrogen-bond acceptors (Lipinski definition) is 3. The van der Waals surface area contributed by atoms with E-state index in [-0.39, 0.29) is 5.82 Å². The summed E-state index contributed by atoms with van der Waals surface area (Å²) in [7, 11) is 1.82. The molecule has 0 fully saturated rings. The van der Waals surface area contributed by atoms with Gasteiger partial charge in [-0.05, 0) is 26.1 Å². The molecule has 1 unspecified atom stereocenters. The lowest BCUT2D eigenvalue weighted by Gasteiger charge is -2.19. The van der Waals surface area contributed by atoms with Crippen molar-refractivity contribution >= 4 is 5.69 Å². The van der Waals surface area contributed by atoms with E-state index in [1.54, 1.807) is 19.1 Å². The molecule has 0 saturated carbocycles. The summed E-state index contributed by atoms with van der Waals surface area (Å²) < 4.78 is 13.4. The Labute approximate surface area is 89.3 Å². The topological polar surface area (TPSA) is 49.5 Å². The summed E-state index contributed by atoms with van der Waals surface area (Å²) in [5, 5.41) is 9.17. The minimum Gasteiger partial charge on any atom is -0.398 e. The highest BCUT2D eigenvalue weighted by Crippen LogP contribution is 2.17. The van der Waals surface area contributed by atoms with Gasteiger partial charge in [0.05, 0.1) is 6.10 Å². The van der Waals surface area contributed by atoms with Crippen molar-refractivity contribution in [3.63, 3.8) is 0 Å². The molecule has 0 aliphatic heterocycles. The lowest BCUT2D eigenvalue weighted by Crippen LogP contribution is -2.27. The molecule has 0 heterocycles. The summed E-state index contributed by atoms with van der Waals surface area (Å²) in [5.41, 5.74) is 6.61. The molecule has 0 aliphatic rings. The predicted octanol–water partition coefficient (Wildman–Crippen LogP) is 1.22. The number of rotatable bonds is 4. The number of nitrogens with zero attached hydrogens (tertiary/aromatic N) is 1. The molecule has 0 radical (unpaired) electrons. The first-order valence-corrected chi connectivity index (χ1v) is 4.90. The van der Waals surface area contributed by atoms with Crippen molar-refractivity contribution in [3.8, 4) is 0 Å². The maximum absolute atomic E-state index is 13.4. The molecule has 1 atom stereocenters. The van der Waals surface area contributed by atoms with Gasteiger partial charge in [-0.1, -0.05) is 6.07 Å². The number of nitrogens with two attached hydrogens (primary N) is 1. The van der Waals surface area contributed by atoms with E-state index in [0.717, 1.165) is 0 Å². The van der Waals surface area contributed by atoms with Crippen molar-refractivity contribution in [2.45, 2.75) is 19.6 Å². The fourth-order valence-corrected chi connectivity index (χ4v) is 1.53. The Morgan fingerprint density at radius 2 is 2.20 bits per heavy atom. The minimum absolute atomic E-state index is 0.299. The molecule has 84 valence electrons. The number of nitrogen functional groups attached to an aromatic ring is 1. The second-order valence-electron chi connectivity index (χ2n) is 3.85. The maximum atomic E-state index is 13.4. The van der Waals surface area contributed by atoms with Gasteiger partial charge >= 0.3 is 0 Å². The van der Waals surface area contributed by atoms with Crippen LogP contribution in [0.25, 0.3) is 0 Å². The van der Waals surface area contributed by atoms with Crippen LogP contribution in [0.3, 0.4) is 0 Å². The standard InChI is InChI=1S/C11H17FN2O/c1-8(15)6-14(2)7-9-10(12)4-3-5-11(9)13/h3-5,8,15H,6-7,13H2,1-2H3. The van der Waals surface area contributed by atoms with Crippen LogP contribution in [0.1, 0.15) is 12.5 Å². The van der Waals surface area contributed by atoms with Crippen molar-refractivity contribution < 1.29 is 9.50 Å². The summed E-state index contributed by atoms with van der Waals surface area (Å²) >= 11 is 0. The van der Waals surface area contributed by atoms with Crippen molar-refractivity contribution in [2.24, 2.45) is 0 Å². The summed E-state index contributed by atoms with van der Waals surface area (Å²) in [4.78, 5) is 1.83. The highest BCUT2D eigenvalue weighted by Gasteiger charge is 2.10. The van der Waals surface area contributed by atoms with Gasteiger partial charge in [0.1, 0.15) is 5.82 Å². The highest BCUT2D eigenvalue weighted by atomic mass is 19.1. The Morgan fingerprint density at radius 3 is 2.73 bits per heavy atom. The fraction of sp³-hybridized carbons (Fsp3) is 0.455. The number of anilines is 1. The van der Waals surface area contributed by atoms with Gasteiger partial charge in [0.15, 0.2) is 0 Å². The van der Waals surface area contributed by atoms with Gasteiger partial charge in [0.2, 0.25) is 0 Å². The van der Waals surface area contributed by atoms with Crippen molar-refractivity contribution in [3.05, 3.63) is 29.6 Å². The van der Waals surface area contributed by atoms with Gasteiger partial charge in [0.25, 0.3) is 0 Å². The molecular formula is C11H17FN2O. The van der Waals surface area contributed by atoms with E-state index in [4.69, 9.17) is 5.73 Å². The van der Waals surface area contributed by atoms with Crippen molar-refractivity contribution in [1.82, 2.24) is 4.90 Å². The van der Waals surface area contributed by atoms with E-state index in [0.29, 0.717) is 24.3 Å². The van der Waals surface area contributed by atoms with Gasteiger partial charge in [-0.3, -0.25) is 4.90 Å². The number of halogens is 1. The number of likely N-dealkylation sites (N-methyl/N-ethyl adjacent to an activating group) is 1. The third-order valence-electron chi connectivity index (χ3n) is 2.16. The number of benzene rings is 1. The average molecular weight is 212 g/mol. The number of aliphatic hydroxyl groups is 1. The van der Waals surface area contributed by atoms with Crippen molar-refractivity contribution in [2.75, 3.05) is 19.3 Å². The third kappa shape index (κ3) is 3.49. The van der Waals surface area contributed by atoms with E-state index >= 15 is 0 Å². The van der Waals surface area contributed by atoms with Crippen LogP contribution in [0, 0.1) is 5.82 Å². The molecule has 3 N–H and O–H groups in total. The summed E-state index contributed by atoms with van der Waals surface area (Å²) in [6.45, 7) is 2.60. The SMILES string of the molecule is CC(O)CN(C)Cc1c(N)cccc1F. The number of hydrogen-bond donors (Lipinski definition) is 2. The second kappa shape index (κ2) is 5.09. The summed E-state index contributed by atoms with van der Waals surface area (Å²) in [6.07, 6.45) is -0.428. The zero-order valence-electron chi connectivity index (χ0n) is 9.07. The van der Waals surface area contributed by atoms with E-state index in [1.165, 1.54) is 6.07 Å². The second-order valence-corrected chi connectivity index (χ2v) is 3.85. The minimum atomic E-state index is -0.428. The van der Waals surface area contributed by atoms with Crippen LogP contribution in [0.2, 0.25) is 0 Å². The largest absolute Gasteiger partial charge is 0.398 e. The zero-order chi connectivity index (χ0) is 11.4. The molecule has 0 aromatic heterocycles. The Kier molecular flexibility index (Phi) is 4.05. The lowest BCUT2D eigenvalue weighted by atomic mass is 10.1. The van der Waals surface area contributed by atoms with Crippen molar-refractivity contribution in [1.29, 1.82) is 0 Å². The van der Waals surface area contributed by atoms with Crippen LogP contribution >= 0.6 is 0 Å². The first kappa shape index (κ1) is 11.9. The lowest BCUT2D eigenvalue weighted by molar-refractivity contribution is 0.138. The smallest absolute Gasteiger partial charge is 0.129 e. The molecule has 0 bridgehead atoms. The van der Waals surface area contributed by atoms with Crippen LogP contribution in [-0.2, 0) is 6.54 Å². The maximum Gasteiger partial charge on any atom is 0.129 e. The molecule has 1 rings (SSSR count).